The molecule has 0 aliphatic heterocycles. The van der Waals surface area contributed by atoms with Crippen molar-refractivity contribution in [1.29, 1.82) is 0 Å². The largest absolute Gasteiger partial charge is 0.373 e. The van der Waals surface area contributed by atoms with Crippen LogP contribution < -0.4 is 10.6 Å². The van der Waals surface area contributed by atoms with Gasteiger partial charge in [-0.25, -0.2) is 4.98 Å². The van der Waals surface area contributed by atoms with Gasteiger partial charge in [0.05, 0.1) is 11.1 Å². The van der Waals surface area contributed by atoms with Crippen LogP contribution in [0.2, 0.25) is 0 Å². The van der Waals surface area contributed by atoms with Crippen molar-refractivity contribution in [3.05, 3.63) is 35.9 Å². The first-order valence-electron chi connectivity index (χ1n) is 7.55. The number of hydrogen-bond acceptors (Lipinski definition) is 3. The summed E-state index contributed by atoms with van der Waals surface area (Å²) in [5.74, 6) is 2.06. The Hall–Kier alpha value is -2.10. The molecule has 1 atom stereocenters. The number of amides is 1. The topological polar surface area (TPSA) is 54.0 Å². The quantitative estimate of drug-likeness (QED) is 0.886. The zero-order valence-electron chi connectivity index (χ0n) is 12.5. The third kappa shape index (κ3) is 2.99. The lowest BCUT2D eigenvalue weighted by Crippen LogP contribution is -2.29. The van der Waals surface area contributed by atoms with E-state index >= 15 is 0 Å². The molecule has 1 aliphatic carbocycles. The number of hydrogen-bond donors (Lipinski definition) is 2. The zero-order chi connectivity index (χ0) is 14.8. The Bertz CT molecular complexity index is 664. The number of nitrogens with one attached hydrogen (secondary N) is 2. The molecule has 1 fully saturated rings. The number of fused-ring (bicyclic) bond motifs is 1. The van der Waals surface area contributed by atoms with Gasteiger partial charge in [0.1, 0.15) is 5.82 Å². The molecule has 0 bridgehead atoms. The fourth-order valence-electron chi connectivity index (χ4n) is 2.67. The minimum absolute atomic E-state index is 0.0161. The Morgan fingerprint density at radius 3 is 2.86 bits per heavy atom. The minimum Gasteiger partial charge on any atom is -0.373 e. The van der Waals surface area contributed by atoms with Gasteiger partial charge in [-0.3, -0.25) is 4.79 Å². The Morgan fingerprint density at radius 2 is 2.14 bits per heavy atom. The van der Waals surface area contributed by atoms with E-state index in [1.807, 2.05) is 37.4 Å². The van der Waals surface area contributed by atoms with Crippen LogP contribution in [0.25, 0.3) is 10.9 Å². The molecule has 3 rings (SSSR count). The number of benzene rings is 1. The maximum Gasteiger partial charge on any atom is 0.252 e. The molecule has 1 unspecified atom stereocenters. The van der Waals surface area contributed by atoms with Crippen molar-refractivity contribution < 1.29 is 4.79 Å². The van der Waals surface area contributed by atoms with Crippen LogP contribution in [0.4, 0.5) is 5.82 Å². The fraction of sp³-hybridized carbons (Fsp3) is 0.412. The van der Waals surface area contributed by atoms with Gasteiger partial charge in [-0.2, -0.15) is 0 Å². The Morgan fingerprint density at radius 1 is 1.38 bits per heavy atom. The van der Waals surface area contributed by atoms with Crippen LogP contribution in [0.3, 0.4) is 0 Å². The predicted octanol–water partition coefficient (Wildman–Crippen LogP) is 3.05. The van der Waals surface area contributed by atoms with Crippen LogP contribution in [0, 0.1) is 11.8 Å². The van der Waals surface area contributed by atoms with Gasteiger partial charge >= 0.3 is 0 Å². The normalized spacial score (nSPS) is 15.7. The van der Waals surface area contributed by atoms with E-state index < -0.39 is 0 Å². The average molecular weight is 283 g/mol. The summed E-state index contributed by atoms with van der Waals surface area (Å²) < 4.78 is 0. The van der Waals surface area contributed by atoms with Gasteiger partial charge in [0.15, 0.2) is 0 Å². The lowest BCUT2D eigenvalue weighted by molar-refractivity contribution is 0.0948. The van der Waals surface area contributed by atoms with Crippen molar-refractivity contribution in [2.24, 2.45) is 11.8 Å². The summed E-state index contributed by atoms with van der Waals surface area (Å²) in [6.45, 7) is 2.96. The van der Waals surface area contributed by atoms with Gasteiger partial charge in [-0.1, -0.05) is 25.1 Å². The minimum atomic E-state index is -0.0161. The van der Waals surface area contributed by atoms with E-state index in [-0.39, 0.29) is 5.91 Å². The molecule has 0 saturated heterocycles. The van der Waals surface area contributed by atoms with Crippen LogP contribution in [-0.2, 0) is 0 Å². The number of aromatic nitrogens is 1. The molecule has 4 nitrogen and oxygen atoms in total. The maximum atomic E-state index is 12.5. The third-order valence-corrected chi connectivity index (χ3v) is 4.23. The van der Waals surface area contributed by atoms with Crippen molar-refractivity contribution >= 4 is 22.6 Å². The van der Waals surface area contributed by atoms with Crippen molar-refractivity contribution in [2.75, 3.05) is 18.9 Å². The molecule has 0 radical (unpaired) electrons. The van der Waals surface area contributed by atoms with Crippen LogP contribution in [0.1, 0.15) is 30.1 Å². The Labute approximate surface area is 125 Å². The molecule has 1 aliphatic rings. The van der Waals surface area contributed by atoms with Crippen LogP contribution in [-0.4, -0.2) is 24.5 Å². The average Bonchev–Trinajstić information content (AvgIpc) is 3.36. The van der Waals surface area contributed by atoms with Gasteiger partial charge in [0, 0.05) is 19.0 Å². The highest BCUT2D eigenvalue weighted by Crippen LogP contribution is 2.36. The van der Waals surface area contributed by atoms with Gasteiger partial charge in [-0.15, -0.1) is 0 Å². The number of pyridine rings is 1. The molecule has 2 N–H and O–H groups in total. The van der Waals surface area contributed by atoms with E-state index in [1.54, 1.807) is 0 Å². The summed E-state index contributed by atoms with van der Waals surface area (Å²) in [7, 11) is 1.81. The summed E-state index contributed by atoms with van der Waals surface area (Å²) in [5.41, 5.74) is 1.53. The van der Waals surface area contributed by atoms with E-state index in [9.17, 15) is 4.79 Å². The highest BCUT2D eigenvalue weighted by molar-refractivity contribution is 6.06. The molecule has 1 amide bonds. The molecule has 2 aromatic rings. The van der Waals surface area contributed by atoms with Gasteiger partial charge < -0.3 is 10.6 Å². The SMILES string of the molecule is CNc1cc(C(=O)NCC(C)C2CC2)c2ccccc2n1. The number of para-hydroxylation sites is 1. The number of nitrogens with zero attached hydrogens (tertiary/aromatic N) is 1. The van der Waals surface area contributed by atoms with E-state index in [4.69, 9.17) is 0 Å². The standard InChI is InChI=1S/C17H21N3O/c1-11(12-7-8-12)10-19-17(21)14-9-16(18-2)20-15-6-4-3-5-13(14)15/h3-6,9,11-12H,7-8,10H2,1-2H3,(H,18,20)(H,19,21). The zero-order valence-corrected chi connectivity index (χ0v) is 12.5. The van der Waals surface area contributed by atoms with Crippen molar-refractivity contribution in [3.63, 3.8) is 0 Å². The van der Waals surface area contributed by atoms with E-state index in [0.29, 0.717) is 17.3 Å². The fourth-order valence-corrected chi connectivity index (χ4v) is 2.67. The highest BCUT2D eigenvalue weighted by atomic mass is 16.1. The molecular formula is C17H21N3O. The summed E-state index contributed by atoms with van der Waals surface area (Å²) in [6.07, 6.45) is 2.61. The van der Waals surface area contributed by atoms with Crippen molar-refractivity contribution in [3.8, 4) is 0 Å². The van der Waals surface area contributed by atoms with E-state index in [2.05, 4.69) is 22.5 Å². The second kappa shape index (κ2) is 5.72. The van der Waals surface area contributed by atoms with Crippen LogP contribution >= 0.6 is 0 Å². The second-order valence-electron chi connectivity index (χ2n) is 5.85. The highest BCUT2D eigenvalue weighted by Gasteiger charge is 2.28. The van der Waals surface area contributed by atoms with Gasteiger partial charge in [0.25, 0.3) is 5.91 Å². The Kier molecular flexibility index (Phi) is 3.78. The second-order valence-corrected chi connectivity index (χ2v) is 5.85. The number of carbonyl (C=O) groups is 1. The molecule has 1 aromatic heterocycles. The van der Waals surface area contributed by atoms with Crippen LogP contribution in [0.15, 0.2) is 30.3 Å². The van der Waals surface area contributed by atoms with Gasteiger partial charge in [0.2, 0.25) is 0 Å². The third-order valence-electron chi connectivity index (χ3n) is 4.23. The molecule has 0 spiro atoms. The van der Waals surface area contributed by atoms with Crippen molar-refractivity contribution in [1.82, 2.24) is 10.3 Å². The molecule has 4 heteroatoms. The molecule has 21 heavy (non-hydrogen) atoms. The summed E-state index contributed by atoms with van der Waals surface area (Å²) in [4.78, 5) is 17.0. The van der Waals surface area contributed by atoms with Crippen molar-refractivity contribution in [2.45, 2.75) is 19.8 Å². The maximum absolute atomic E-state index is 12.5. The number of carbonyl (C=O) groups excluding carboxylic acids is 1. The summed E-state index contributed by atoms with van der Waals surface area (Å²) in [5, 5.41) is 6.98. The van der Waals surface area contributed by atoms with Crippen LogP contribution in [0.5, 0.6) is 0 Å². The number of rotatable bonds is 5. The van der Waals surface area contributed by atoms with Gasteiger partial charge in [-0.05, 0) is 36.8 Å². The number of anilines is 1. The first-order chi connectivity index (χ1) is 10.2. The predicted molar refractivity (Wildman–Crippen MR) is 85.5 cm³/mol. The first-order valence-corrected chi connectivity index (χ1v) is 7.55. The lowest BCUT2D eigenvalue weighted by atomic mass is 10.1. The summed E-state index contributed by atoms with van der Waals surface area (Å²) in [6, 6.07) is 9.57. The van der Waals surface area contributed by atoms with E-state index in [0.717, 1.165) is 23.4 Å². The summed E-state index contributed by atoms with van der Waals surface area (Å²) >= 11 is 0. The molecule has 1 heterocycles. The van der Waals surface area contributed by atoms with E-state index in [1.165, 1.54) is 12.8 Å². The monoisotopic (exact) mass is 283 g/mol. The Balaban J connectivity index is 1.85. The molecule has 1 saturated carbocycles. The molecule has 110 valence electrons. The molecular weight excluding hydrogens is 262 g/mol. The first kappa shape index (κ1) is 13.9. The lowest BCUT2D eigenvalue weighted by Gasteiger charge is -2.13. The molecule has 1 aromatic carbocycles. The smallest absolute Gasteiger partial charge is 0.252 e.